The van der Waals surface area contributed by atoms with Crippen LogP contribution in [0.3, 0.4) is 0 Å². The second kappa shape index (κ2) is 6.80. The summed E-state index contributed by atoms with van der Waals surface area (Å²) in [6, 6.07) is 4.48. The average molecular weight is 343 g/mol. The molecule has 8 heteroatoms. The van der Waals surface area contributed by atoms with Gasteiger partial charge in [0.2, 0.25) is 5.91 Å². The largest absolute Gasteiger partial charge is 0.417 e. The zero-order valence-corrected chi connectivity index (χ0v) is 13.3. The first-order chi connectivity index (χ1) is 11.2. The summed E-state index contributed by atoms with van der Waals surface area (Å²) in [7, 11) is 0. The minimum Gasteiger partial charge on any atom is -0.343 e. The van der Waals surface area contributed by atoms with Crippen LogP contribution < -0.4 is 11.1 Å². The molecule has 0 bridgehead atoms. The number of carbonyl (C=O) groups excluding carboxylic acids is 2. The summed E-state index contributed by atoms with van der Waals surface area (Å²) in [6.45, 7) is 3.09. The number of nitrogens with one attached hydrogen (secondary N) is 1. The van der Waals surface area contributed by atoms with Crippen LogP contribution in [0.5, 0.6) is 0 Å². The molecule has 0 spiro atoms. The lowest BCUT2D eigenvalue weighted by molar-refractivity contribution is -0.137. The molecule has 1 fully saturated rings. The van der Waals surface area contributed by atoms with Gasteiger partial charge in [0.1, 0.15) is 0 Å². The van der Waals surface area contributed by atoms with Crippen LogP contribution in [0.25, 0.3) is 0 Å². The molecule has 0 aliphatic carbocycles. The van der Waals surface area contributed by atoms with Gasteiger partial charge < -0.3 is 16.0 Å². The Balaban J connectivity index is 1.98. The van der Waals surface area contributed by atoms with Crippen molar-refractivity contribution in [2.24, 2.45) is 11.1 Å². The number of alkyl halides is 3. The Hall–Kier alpha value is -2.09. The zero-order valence-electron chi connectivity index (χ0n) is 13.3. The molecule has 3 N–H and O–H groups in total. The third kappa shape index (κ3) is 4.05. The van der Waals surface area contributed by atoms with Crippen LogP contribution in [0.1, 0.15) is 29.3 Å². The fourth-order valence-electron chi connectivity index (χ4n) is 2.69. The maximum absolute atomic E-state index is 12.9. The topological polar surface area (TPSA) is 75.4 Å². The van der Waals surface area contributed by atoms with Gasteiger partial charge in [0.05, 0.1) is 17.7 Å². The number of hydrogen-bond acceptors (Lipinski definition) is 3. The molecular weight excluding hydrogens is 323 g/mol. The highest BCUT2D eigenvalue weighted by Crippen LogP contribution is 2.32. The van der Waals surface area contributed by atoms with E-state index in [1.807, 2.05) is 6.92 Å². The van der Waals surface area contributed by atoms with Crippen molar-refractivity contribution in [3.05, 3.63) is 35.4 Å². The molecule has 1 aliphatic rings. The molecule has 1 aliphatic heterocycles. The standard InChI is InChI=1S/C16H20F3N3O2/c1-15(9-20)6-7-22(10-15)13(23)8-21-14(24)11-4-2-3-5-12(11)16(17,18)19/h2-5H,6-10,20H2,1H3,(H,21,24). The van der Waals surface area contributed by atoms with Crippen molar-refractivity contribution in [1.29, 1.82) is 0 Å². The third-order valence-corrected chi connectivity index (χ3v) is 4.28. The number of halogens is 3. The molecular formula is C16H20F3N3O2. The summed E-state index contributed by atoms with van der Waals surface area (Å²) in [5, 5.41) is 2.27. The minimum absolute atomic E-state index is 0.150. The first-order valence-corrected chi connectivity index (χ1v) is 7.58. The highest BCUT2D eigenvalue weighted by Gasteiger charge is 2.36. The van der Waals surface area contributed by atoms with Crippen LogP contribution in [0.15, 0.2) is 24.3 Å². The summed E-state index contributed by atoms with van der Waals surface area (Å²) in [5.41, 5.74) is 4.01. The highest BCUT2D eigenvalue weighted by atomic mass is 19.4. The van der Waals surface area contributed by atoms with Crippen LogP contribution in [-0.4, -0.2) is 42.9 Å². The Morgan fingerprint density at radius 1 is 1.33 bits per heavy atom. The predicted molar refractivity (Wildman–Crippen MR) is 82.1 cm³/mol. The fraction of sp³-hybridized carbons (Fsp3) is 0.500. The molecule has 0 saturated carbocycles. The lowest BCUT2D eigenvalue weighted by atomic mass is 9.90. The molecule has 1 aromatic rings. The summed E-state index contributed by atoms with van der Waals surface area (Å²) >= 11 is 0. The molecule has 1 unspecified atom stereocenters. The summed E-state index contributed by atoms with van der Waals surface area (Å²) < 4.78 is 38.7. The van der Waals surface area contributed by atoms with Crippen molar-refractivity contribution in [2.75, 3.05) is 26.2 Å². The van der Waals surface area contributed by atoms with Crippen molar-refractivity contribution in [2.45, 2.75) is 19.5 Å². The van der Waals surface area contributed by atoms with E-state index in [2.05, 4.69) is 5.32 Å². The van der Waals surface area contributed by atoms with Crippen molar-refractivity contribution in [3.8, 4) is 0 Å². The van der Waals surface area contributed by atoms with Gasteiger partial charge in [-0.05, 0) is 30.5 Å². The molecule has 0 aromatic heterocycles. The first-order valence-electron chi connectivity index (χ1n) is 7.58. The van der Waals surface area contributed by atoms with E-state index in [9.17, 15) is 22.8 Å². The Morgan fingerprint density at radius 2 is 2.00 bits per heavy atom. The molecule has 1 heterocycles. The van der Waals surface area contributed by atoms with E-state index in [1.165, 1.54) is 12.1 Å². The number of amides is 2. The maximum atomic E-state index is 12.9. The summed E-state index contributed by atoms with van der Waals surface area (Å²) in [5.74, 6) is -1.25. The van der Waals surface area contributed by atoms with Crippen LogP contribution in [0, 0.1) is 5.41 Å². The van der Waals surface area contributed by atoms with E-state index in [1.54, 1.807) is 4.90 Å². The quantitative estimate of drug-likeness (QED) is 0.873. The van der Waals surface area contributed by atoms with Crippen LogP contribution in [0.2, 0.25) is 0 Å². The zero-order chi connectivity index (χ0) is 18.0. The lowest BCUT2D eigenvalue weighted by Crippen LogP contribution is -2.41. The Bertz CT molecular complexity index is 633. The number of rotatable bonds is 4. The van der Waals surface area contributed by atoms with Crippen molar-refractivity contribution < 1.29 is 22.8 Å². The van der Waals surface area contributed by atoms with Gasteiger partial charge in [0.15, 0.2) is 0 Å². The number of nitrogens with zero attached hydrogens (tertiary/aromatic N) is 1. The van der Waals surface area contributed by atoms with Crippen LogP contribution in [0.4, 0.5) is 13.2 Å². The van der Waals surface area contributed by atoms with Gasteiger partial charge in [0, 0.05) is 13.1 Å². The number of likely N-dealkylation sites (tertiary alicyclic amines) is 1. The molecule has 2 rings (SSSR count). The van der Waals surface area contributed by atoms with Crippen LogP contribution >= 0.6 is 0 Å². The third-order valence-electron chi connectivity index (χ3n) is 4.28. The number of carbonyl (C=O) groups is 2. The maximum Gasteiger partial charge on any atom is 0.417 e. The van der Waals surface area contributed by atoms with Crippen molar-refractivity contribution in [3.63, 3.8) is 0 Å². The van der Waals surface area contributed by atoms with Gasteiger partial charge in [-0.2, -0.15) is 13.2 Å². The molecule has 1 aromatic carbocycles. The van der Waals surface area contributed by atoms with Gasteiger partial charge in [-0.25, -0.2) is 0 Å². The molecule has 0 radical (unpaired) electrons. The van der Waals surface area contributed by atoms with E-state index in [0.717, 1.165) is 18.6 Å². The van der Waals surface area contributed by atoms with Gasteiger partial charge in [-0.1, -0.05) is 19.1 Å². The van der Waals surface area contributed by atoms with Crippen molar-refractivity contribution in [1.82, 2.24) is 10.2 Å². The minimum atomic E-state index is -4.63. The predicted octanol–water partition coefficient (Wildman–Crippen LogP) is 1.63. The number of benzene rings is 1. The summed E-state index contributed by atoms with van der Waals surface area (Å²) in [6.07, 6.45) is -3.87. The SMILES string of the molecule is CC1(CN)CCN(C(=O)CNC(=O)c2ccccc2C(F)(F)F)C1. The van der Waals surface area contributed by atoms with Crippen molar-refractivity contribution >= 4 is 11.8 Å². The average Bonchev–Trinajstić information content (AvgIpc) is 2.95. The van der Waals surface area contributed by atoms with E-state index in [4.69, 9.17) is 5.73 Å². The molecule has 132 valence electrons. The first kappa shape index (κ1) is 18.3. The molecule has 5 nitrogen and oxygen atoms in total. The van der Waals surface area contributed by atoms with Gasteiger partial charge in [-0.15, -0.1) is 0 Å². The van der Waals surface area contributed by atoms with E-state index in [0.29, 0.717) is 19.6 Å². The van der Waals surface area contributed by atoms with E-state index in [-0.39, 0.29) is 17.9 Å². The fourth-order valence-corrected chi connectivity index (χ4v) is 2.69. The second-order valence-corrected chi connectivity index (χ2v) is 6.31. The lowest BCUT2D eigenvalue weighted by Gasteiger charge is -2.22. The van der Waals surface area contributed by atoms with Crippen LogP contribution in [-0.2, 0) is 11.0 Å². The molecule has 1 saturated heterocycles. The van der Waals surface area contributed by atoms with Gasteiger partial charge >= 0.3 is 6.18 Å². The monoisotopic (exact) mass is 343 g/mol. The Labute approximate surface area is 138 Å². The number of nitrogens with two attached hydrogens (primary N) is 1. The Morgan fingerprint density at radius 3 is 2.58 bits per heavy atom. The molecule has 24 heavy (non-hydrogen) atoms. The second-order valence-electron chi connectivity index (χ2n) is 6.31. The van der Waals surface area contributed by atoms with Gasteiger partial charge in [0.25, 0.3) is 5.91 Å². The Kier molecular flexibility index (Phi) is 5.17. The van der Waals surface area contributed by atoms with Gasteiger partial charge in [-0.3, -0.25) is 9.59 Å². The normalized spacial score (nSPS) is 21.0. The van der Waals surface area contributed by atoms with E-state index < -0.39 is 23.2 Å². The molecule has 2 amide bonds. The molecule has 1 atom stereocenters. The highest BCUT2D eigenvalue weighted by molar-refractivity contribution is 5.97. The number of hydrogen-bond donors (Lipinski definition) is 2. The summed E-state index contributed by atoms with van der Waals surface area (Å²) in [4.78, 5) is 25.7. The van der Waals surface area contributed by atoms with E-state index >= 15 is 0 Å². The smallest absolute Gasteiger partial charge is 0.343 e.